The van der Waals surface area contributed by atoms with Crippen LogP contribution in [-0.4, -0.2) is 11.7 Å². The molecule has 0 amide bonds. The number of halogens is 1. The Balaban J connectivity index is 3.12. The van der Waals surface area contributed by atoms with E-state index in [0.717, 1.165) is 11.3 Å². The van der Waals surface area contributed by atoms with Gasteiger partial charge in [-0.15, -0.1) is 0 Å². The van der Waals surface area contributed by atoms with E-state index in [1.54, 1.807) is 0 Å². The maximum Gasteiger partial charge on any atom is 0.106 e. The minimum Gasteiger partial charge on any atom is -0.388 e. The lowest BCUT2D eigenvalue weighted by atomic mass is 10.2. The van der Waals surface area contributed by atoms with E-state index in [1.165, 1.54) is 0 Å². The highest BCUT2D eigenvalue weighted by atomic mass is 79.9. The summed E-state index contributed by atoms with van der Waals surface area (Å²) < 4.78 is 0.405. The highest BCUT2D eigenvalue weighted by Crippen LogP contribution is 2.16. The molecule has 0 saturated carbocycles. The van der Waals surface area contributed by atoms with Crippen LogP contribution in [0.4, 0.5) is 5.69 Å². The first-order valence-corrected chi connectivity index (χ1v) is 4.06. The third kappa shape index (κ3) is 1.80. The fourth-order valence-electron chi connectivity index (χ4n) is 0.893. The summed E-state index contributed by atoms with van der Waals surface area (Å²) in [7, 11) is 1.84. The first kappa shape index (κ1) is 8.27. The Morgan fingerprint density at radius 3 is 2.55 bits per heavy atom. The minimum absolute atomic E-state index is 0.405. The summed E-state index contributed by atoms with van der Waals surface area (Å²) in [4.78, 5) is 0. The molecule has 0 aliphatic rings. The van der Waals surface area contributed by atoms with Gasteiger partial charge in [0.15, 0.2) is 0 Å². The molecular formula is C8H9BrN2. The summed E-state index contributed by atoms with van der Waals surface area (Å²) in [5, 5.41) is 10.4. The van der Waals surface area contributed by atoms with Crippen molar-refractivity contribution in [1.29, 1.82) is 5.41 Å². The second kappa shape index (κ2) is 3.53. The lowest BCUT2D eigenvalue weighted by molar-refractivity contribution is 1.47. The maximum atomic E-state index is 7.36. The number of para-hydroxylation sites is 1. The van der Waals surface area contributed by atoms with E-state index in [9.17, 15) is 0 Å². The van der Waals surface area contributed by atoms with Gasteiger partial charge in [0.05, 0.1) is 0 Å². The van der Waals surface area contributed by atoms with Gasteiger partial charge in [0.25, 0.3) is 0 Å². The Morgan fingerprint density at radius 2 is 2.09 bits per heavy atom. The molecule has 0 fully saturated rings. The van der Waals surface area contributed by atoms with Gasteiger partial charge in [0.1, 0.15) is 4.62 Å². The molecule has 58 valence electrons. The van der Waals surface area contributed by atoms with E-state index in [4.69, 9.17) is 5.41 Å². The quantitative estimate of drug-likeness (QED) is 0.727. The molecule has 1 rings (SSSR count). The van der Waals surface area contributed by atoms with E-state index >= 15 is 0 Å². The van der Waals surface area contributed by atoms with Crippen molar-refractivity contribution in [3.8, 4) is 0 Å². The van der Waals surface area contributed by atoms with Gasteiger partial charge >= 0.3 is 0 Å². The van der Waals surface area contributed by atoms with Crippen LogP contribution in [0.5, 0.6) is 0 Å². The molecule has 0 bridgehead atoms. The molecule has 0 atom stereocenters. The second-order valence-corrected chi connectivity index (χ2v) is 2.90. The number of nitrogens with one attached hydrogen (secondary N) is 2. The van der Waals surface area contributed by atoms with Crippen LogP contribution in [-0.2, 0) is 0 Å². The maximum absolute atomic E-state index is 7.36. The molecule has 0 heterocycles. The van der Waals surface area contributed by atoms with E-state index in [-0.39, 0.29) is 0 Å². The SMILES string of the molecule is CNc1ccccc1C(=N)Br. The Bertz CT molecular complexity index is 271. The molecule has 11 heavy (non-hydrogen) atoms. The molecule has 0 saturated heterocycles. The smallest absolute Gasteiger partial charge is 0.106 e. The molecule has 0 aromatic heterocycles. The number of rotatable bonds is 2. The van der Waals surface area contributed by atoms with Crippen molar-refractivity contribution >= 4 is 26.2 Å². The molecular weight excluding hydrogens is 204 g/mol. The first-order chi connectivity index (χ1) is 5.25. The predicted molar refractivity (Wildman–Crippen MR) is 51.7 cm³/mol. The van der Waals surface area contributed by atoms with Crippen LogP contribution in [0.15, 0.2) is 24.3 Å². The minimum atomic E-state index is 0.405. The standard InChI is InChI=1S/C8H9BrN2/c1-11-7-5-3-2-4-6(7)8(9)10/h2-5,10-11H,1H3. The Kier molecular flexibility index (Phi) is 2.65. The molecule has 0 unspecified atom stereocenters. The van der Waals surface area contributed by atoms with Crippen LogP contribution < -0.4 is 5.32 Å². The van der Waals surface area contributed by atoms with Crippen molar-refractivity contribution < 1.29 is 0 Å². The summed E-state index contributed by atoms with van der Waals surface area (Å²) >= 11 is 3.12. The van der Waals surface area contributed by atoms with Gasteiger partial charge in [-0.2, -0.15) is 0 Å². The summed E-state index contributed by atoms with van der Waals surface area (Å²) in [6.45, 7) is 0. The van der Waals surface area contributed by atoms with E-state index in [2.05, 4.69) is 21.2 Å². The van der Waals surface area contributed by atoms with E-state index in [0.29, 0.717) is 4.62 Å². The summed E-state index contributed by atoms with van der Waals surface area (Å²) in [6.07, 6.45) is 0. The summed E-state index contributed by atoms with van der Waals surface area (Å²) in [5.41, 5.74) is 1.85. The molecule has 1 aromatic carbocycles. The largest absolute Gasteiger partial charge is 0.388 e. The van der Waals surface area contributed by atoms with Crippen LogP contribution >= 0.6 is 15.9 Å². The predicted octanol–water partition coefficient (Wildman–Crippen LogP) is 2.45. The average molecular weight is 213 g/mol. The number of hydrogen-bond donors (Lipinski definition) is 2. The zero-order chi connectivity index (χ0) is 8.27. The van der Waals surface area contributed by atoms with Gasteiger partial charge in [0, 0.05) is 18.3 Å². The van der Waals surface area contributed by atoms with Gasteiger partial charge in [0.2, 0.25) is 0 Å². The van der Waals surface area contributed by atoms with Crippen molar-refractivity contribution in [3.05, 3.63) is 29.8 Å². The van der Waals surface area contributed by atoms with Crippen molar-refractivity contribution in [2.24, 2.45) is 0 Å². The monoisotopic (exact) mass is 212 g/mol. The third-order valence-electron chi connectivity index (χ3n) is 1.43. The van der Waals surface area contributed by atoms with Crippen LogP contribution in [0, 0.1) is 5.41 Å². The van der Waals surface area contributed by atoms with Gasteiger partial charge in [-0.05, 0) is 22.0 Å². The topological polar surface area (TPSA) is 35.9 Å². The zero-order valence-corrected chi connectivity index (χ0v) is 7.77. The van der Waals surface area contributed by atoms with Gasteiger partial charge in [-0.1, -0.05) is 18.2 Å². The van der Waals surface area contributed by atoms with E-state index < -0.39 is 0 Å². The normalized spacial score (nSPS) is 9.27. The number of benzene rings is 1. The Morgan fingerprint density at radius 1 is 1.45 bits per heavy atom. The van der Waals surface area contributed by atoms with Crippen LogP contribution in [0.2, 0.25) is 0 Å². The Hall–Kier alpha value is -0.830. The molecule has 2 nitrogen and oxygen atoms in total. The molecule has 0 spiro atoms. The Labute approximate surface area is 74.3 Å². The zero-order valence-electron chi connectivity index (χ0n) is 6.19. The highest BCUT2D eigenvalue weighted by Gasteiger charge is 2.00. The second-order valence-electron chi connectivity index (χ2n) is 2.11. The van der Waals surface area contributed by atoms with Crippen LogP contribution in [0.25, 0.3) is 0 Å². The lowest BCUT2D eigenvalue weighted by Crippen LogP contribution is -1.96. The molecule has 2 N–H and O–H groups in total. The highest BCUT2D eigenvalue weighted by molar-refractivity contribution is 9.18. The van der Waals surface area contributed by atoms with Crippen molar-refractivity contribution in [1.82, 2.24) is 0 Å². The van der Waals surface area contributed by atoms with Crippen molar-refractivity contribution in [2.45, 2.75) is 0 Å². The average Bonchev–Trinajstić information content (AvgIpc) is 2.04. The fourth-order valence-corrected chi connectivity index (χ4v) is 1.24. The molecule has 1 aromatic rings. The van der Waals surface area contributed by atoms with Crippen LogP contribution in [0.3, 0.4) is 0 Å². The van der Waals surface area contributed by atoms with Crippen molar-refractivity contribution in [2.75, 3.05) is 12.4 Å². The van der Waals surface area contributed by atoms with Crippen LogP contribution in [0.1, 0.15) is 5.56 Å². The summed E-state index contributed by atoms with van der Waals surface area (Å²) in [6, 6.07) is 7.67. The molecule has 0 aliphatic heterocycles. The van der Waals surface area contributed by atoms with Crippen molar-refractivity contribution in [3.63, 3.8) is 0 Å². The molecule has 3 heteroatoms. The number of anilines is 1. The van der Waals surface area contributed by atoms with Gasteiger partial charge < -0.3 is 5.32 Å². The summed E-state index contributed by atoms with van der Waals surface area (Å²) in [5.74, 6) is 0. The third-order valence-corrected chi connectivity index (χ3v) is 1.86. The van der Waals surface area contributed by atoms with Gasteiger partial charge in [-0.25, -0.2) is 0 Å². The first-order valence-electron chi connectivity index (χ1n) is 3.27. The molecule has 0 aliphatic carbocycles. The lowest BCUT2D eigenvalue weighted by Gasteiger charge is -2.04. The van der Waals surface area contributed by atoms with Gasteiger partial charge in [-0.3, -0.25) is 5.41 Å². The van der Waals surface area contributed by atoms with E-state index in [1.807, 2.05) is 31.3 Å². The fraction of sp³-hybridized carbons (Fsp3) is 0.125. The number of hydrogen-bond acceptors (Lipinski definition) is 2. The molecule has 0 radical (unpaired) electrons.